The molecule has 0 aliphatic rings. The van der Waals surface area contributed by atoms with Crippen LogP contribution < -0.4 is 16.4 Å². The van der Waals surface area contributed by atoms with Gasteiger partial charge in [0, 0.05) is 46.0 Å². The summed E-state index contributed by atoms with van der Waals surface area (Å²) in [6, 6.07) is 28.8. The van der Waals surface area contributed by atoms with E-state index in [1.54, 1.807) is 107 Å². The first-order valence-electron chi connectivity index (χ1n) is 18.0. The van der Waals surface area contributed by atoms with E-state index in [4.69, 9.17) is 5.73 Å². The lowest BCUT2D eigenvalue weighted by atomic mass is 9.85. The van der Waals surface area contributed by atoms with Crippen molar-refractivity contribution in [2.24, 2.45) is 0 Å². The maximum atomic E-state index is 13.3. The van der Waals surface area contributed by atoms with E-state index in [2.05, 4.69) is 45.4 Å². The summed E-state index contributed by atoms with van der Waals surface area (Å²) >= 11 is 5.22. The number of nitrogens with zero attached hydrogens (tertiary/aromatic N) is 4. The summed E-state index contributed by atoms with van der Waals surface area (Å²) in [6.45, 7) is 10.9. The van der Waals surface area contributed by atoms with Gasteiger partial charge in [-0.05, 0) is 112 Å². The molecule has 2 aromatic heterocycles. The topological polar surface area (TPSA) is 192 Å². The van der Waals surface area contributed by atoms with Crippen LogP contribution in [0, 0.1) is 36.5 Å². The van der Waals surface area contributed by atoms with Gasteiger partial charge in [-0.3, -0.25) is 19.2 Å². The van der Waals surface area contributed by atoms with Gasteiger partial charge in [0.1, 0.15) is 15.2 Å². The molecular weight excluding hydrogens is 767 g/mol. The summed E-state index contributed by atoms with van der Waals surface area (Å²) in [6.07, 6.45) is 3.09. The number of amides is 2. The van der Waals surface area contributed by atoms with Crippen molar-refractivity contribution >= 4 is 74.8 Å². The molecule has 13 heteroatoms. The van der Waals surface area contributed by atoms with Gasteiger partial charge in [-0.25, -0.2) is 9.97 Å². The van der Waals surface area contributed by atoms with Crippen LogP contribution in [-0.4, -0.2) is 39.1 Å². The zero-order valence-electron chi connectivity index (χ0n) is 32.8. The molecule has 2 heterocycles. The van der Waals surface area contributed by atoms with Crippen LogP contribution in [0.3, 0.4) is 0 Å². The lowest BCUT2D eigenvalue weighted by Gasteiger charge is -2.16. The molecule has 11 nitrogen and oxygen atoms in total. The zero-order chi connectivity index (χ0) is 42.4. The number of hydrogen-bond acceptors (Lipinski definition) is 11. The number of hydrogen-bond donors (Lipinski definition) is 4. The summed E-state index contributed by atoms with van der Waals surface area (Å²) in [5, 5.41) is 24.3. The highest BCUT2D eigenvalue weighted by Gasteiger charge is 2.24. The van der Waals surface area contributed by atoms with Gasteiger partial charge < -0.3 is 16.4 Å². The summed E-state index contributed by atoms with van der Waals surface area (Å²) in [4.78, 5) is 60.0. The molecule has 0 aliphatic heterocycles. The number of carbonyl (C=O) groups excluding carboxylic acids is 4. The maximum Gasteiger partial charge on any atom is 0.255 e. The maximum absolute atomic E-state index is 13.3. The Morgan fingerprint density at radius 3 is 1.69 bits per heavy atom. The fraction of sp³-hybridized carbons (Fsp3) is 0.200. The first kappa shape index (κ1) is 42.5. The average Bonchev–Trinajstić information content (AvgIpc) is 3.57. The normalized spacial score (nSPS) is 11.1. The summed E-state index contributed by atoms with van der Waals surface area (Å²) in [5.74, 6) is -0.839. The standard InChI is InChI=1S/C25H21N5O2S.C20H20N2O2S/c1-14-7-8-17(30-23(32)15-5-4-6-16(11-15)25(2,3)13-26)12-18(14)21(31)22-19(27)20-24(33-22)29-10-9-28-20;1-13-7-8-16(10-17(13)18(23)11-25)22-19(24)14-5-4-6-15(9-14)20(2,3)12-21/h4-12H,27H2,1-3H3,(H,30,32);4-10,25H,11H2,1-3H3,(H,22,24). The van der Waals surface area contributed by atoms with E-state index in [1.165, 1.54) is 17.5 Å². The number of anilines is 3. The summed E-state index contributed by atoms with van der Waals surface area (Å²) < 4.78 is 0. The van der Waals surface area contributed by atoms with Gasteiger partial charge in [0.15, 0.2) is 5.78 Å². The van der Waals surface area contributed by atoms with Gasteiger partial charge in [-0.15, -0.1) is 11.3 Å². The van der Waals surface area contributed by atoms with E-state index >= 15 is 0 Å². The Morgan fingerprint density at radius 1 is 0.724 bits per heavy atom. The first-order chi connectivity index (χ1) is 27.5. The highest BCUT2D eigenvalue weighted by Crippen LogP contribution is 2.33. The Morgan fingerprint density at radius 2 is 1.21 bits per heavy atom. The molecule has 0 unspecified atom stereocenters. The number of aromatic nitrogens is 2. The predicted molar refractivity (Wildman–Crippen MR) is 232 cm³/mol. The molecule has 0 bridgehead atoms. The fourth-order valence-corrected chi connectivity index (χ4v) is 6.94. The highest BCUT2D eigenvalue weighted by atomic mass is 32.1. The van der Waals surface area contributed by atoms with Crippen molar-refractivity contribution in [1.82, 2.24) is 9.97 Å². The highest BCUT2D eigenvalue weighted by molar-refractivity contribution is 7.81. The van der Waals surface area contributed by atoms with Crippen LogP contribution >= 0.6 is 24.0 Å². The lowest BCUT2D eigenvalue weighted by Crippen LogP contribution is -2.17. The molecule has 6 aromatic rings. The van der Waals surface area contributed by atoms with Crippen LogP contribution in [0.4, 0.5) is 17.1 Å². The molecule has 4 N–H and O–H groups in total. The summed E-state index contributed by atoms with van der Waals surface area (Å²) in [7, 11) is 0. The van der Waals surface area contributed by atoms with Crippen LogP contribution in [-0.2, 0) is 10.8 Å². The third-order valence-electron chi connectivity index (χ3n) is 9.50. The second-order valence-corrected chi connectivity index (χ2v) is 15.9. The fourth-order valence-electron chi connectivity index (χ4n) is 5.80. The Bertz CT molecular complexity index is 2670. The van der Waals surface area contributed by atoms with Crippen molar-refractivity contribution in [2.45, 2.75) is 52.4 Å². The van der Waals surface area contributed by atoms with Crippen molar-refractivity contribution in [2.75, 3.05) is 22.1 Å². The number of nitriles is 2. The number of ketones is 2. The second-order valence-electron chi connectivity index (χ2n) is 14.6. The van der Waals surface area contributed by atoms with Crippen molar-refractivity contribution in [3.8, 4) is 12.1 Å². The van der Waals surface area contributed by atoms with Gasteiger partial charge >= 0.3 is 0 Å². The Balaban J connectivity index is 0.000000230. The number of thiol groups is 1. The predicted octanol–water partition coefficient (Wildman–Crippen LogP) is 9.03. The molecule has 4 aromatic carbocycles. The van der Waals surface area contributed by atoms with E-state index in [-0.39, 0.29) is 29.1 Å². The number of carbonyl (C=O) groups is 4. The van der Waals surface area contributed by atoms with Crippen LogP contribution in [0.1, 0.15) is 96.3 Å². The van der Waals surface area contributed by atoms with Gasteiger partial charge in [0.05, 0.1) is 34.4 Å². The molecule has 0 fully saturated rings. The van der Waals surface area contributed by atoms with Crippen LogP contribution in [0.5, 0.6) is 0 Å². The van der Waals surface area contributed by atoms with E-state index in [0.717, 1.165) is 22.3 Å². The summed E-state index contributed by atoms with van der Waals surface area (Å²) in [5.41, 5.74) is 11.6. The first-order valence-corrected chi connectivity index (χ1v) is 19.5. The minimum atomic E-state index is -0.715. The Kier molecular flexibility index (Phi) is 12.9. The number of aryl methyl sites for hydroxylation is 2. The van der Waals surface area contributed by atoms with Crippen molar-refractivity contribution in [1.29, 1.82) is 10.5 Å². The number of fused-ring (bicyclic) bond motifs is 1. The van der Waals surface area contributed by atoms with E-state index < -0.39 is 10.8 Å². The third-order valence-corrected chi connectivity index (χ3v) is 10.9. The minimum absolute atomic E-state index is 0.0882. The number of thiophene rings is 1. The Labute approximate surface area is 346 Å². The molecule has 292 valence electrons. The molecule has 0 saturated carbocycles. The van der Waals surface area contributed by atoms with Crippen molar-refractivity contribution in [3.63, 3.8) is 0 Å². The van der Waals surface area contributed by atoms with Crippen molar-refractivity contribution < 1.29 is 19.2 Å². The van der Waals surface area contributed by atoms with Gasteiger partial charge in [-0.2, -0.15) is 23.2 Å². The van der Waals surface area contributed by atoms with Crippen LogP contribution in [0.25, 0.3) is 10.3 Å². The molecule has 0 radical (unpaired) electrons. The average molecular weight is 808 g/mol. The number of nitrogens with one attached hydrogen (secondary N) is 2. The molecule has 6 rings (SSSR count). The SMILES string of the molecule is Cc1ccc(NC(=O)c2cccc(C(C)(C)C#N)c2)cc1C(=O)CS.Cc1ccc(NC(=O)c2cccc(C(C)(C)C#N)c2)cc1C(=O)c1sc2nccnc2c1N. The van der Waals surface area contributed by atoms with E-state index in [0.29, 0.717) is 54.5 Å². The quantitative estimate of drug-likeness (QED) is 0.0772. The lowest BCUT2D eigenvalue weighted by molar-refractivity contribution is 0.101. The molecule has 0 atom stereocenters. The minimum Gasteiger partial charge on any atom is -0.396 e. The van der Waals surface area contributed by atoms with Gasteiger partial charge in [0.2, 0.25) is 5.78 Å². The Hall–Kier alpha value is -6.67. The third kappa shape index (κ3) is 9.47. The smallest absolute Gasteiger partial charge is 0.255 e. The van der Waals surface area contributed by atoms with Gasteiger partial charge in [-0.1, -0.05) is 36.4 Å². The molecule has 0 aliphatic carbocycles. The number of nitrogen functional groups attached to an aromatic ring is 1. The molecule has 0 spiro atoms. The number of benzene rings is 4. The zero-order valence-corrected chi connectivity index (χ0v) is 34.5. The second kappa shape index (κ2) is 17.6. The molecular formula is C45H41N7O4S2. The molecule has 58 heavy (non-hydrogen) atoms. The van der Waals surface area contributed by atoms with E-state index in [9.17, 15) is 29.7 Å². The number of nitrogens with two attached hydrogens (primary N) is 1. The monoisotopic (exact) mass is 807 g/mol. The van der Waals surface area contributed by atoms with E-state index in [1.807, 2.05) is 26.0 Å². The van der Waals surface area contributed by atoms with Crippen molar-refractivity contribution in [3.05, 3.63) is 147 Å². The number of rotatable bonds is 10. The van der Waals surface area contributed by atoms with Crippen LogP contribution in [0.2, 0.25) is 0 Å². The largest absolute Gasteiger partial charge is 0.396 e. The van der Waals surface area contributed by atoms with Gasteiger partial charge in [0.25, 0.3) is 11.8 Å². The molecule has 2 amide bonds. The molecule has 0 saturated heterocycles. The number of Topliss-reactive ketones (excluding diaryl/α,β-unsaturated/α-hetero) is 1. The van der Waals surface area contributed by atoms with Crippen LogP contribution in [0.15, 0.2) is 97.3 Å².